The van der Waals surface area contributed by atoms with Gasteiger partial charge in [-0.1, -0.05) is 25.0 Å². The van der Waals surface area contributed by atoms with E-state index in [1.54, 1.807) is 0 Å². The van der Waals surface area contributed by atoms with Crippen molar-refractivity contribution in [1.29, 1.82) is 5.26 Å². The van der Waals surface area contributed by atoms with Gasteiger partial charge in [-0.2, -0.15) is 5.26 Å². The van der Waals surface area contributed by atoms with Crippen LogP contribution >= 0.6 is 0 Å². The minimum Gasteiger partial charge on any atom is -0.377 e. The standard InChI is InChI=1S/C17H23N3O/c1-13-6-7-14(15(10-13)20(2)3)11-19-16(21)17(12-18)8-4-5-9-17/h6-7,10H,4-5,8-9,11H2,1-3H3,(H,19,21). The molecule has 21 heavy (non-hydrogen) atoms. The van der Waals surface area contributed by atoms with Crippen molar-refractivity contribution in [2.75, 3.05) is 19.0 Å². The van der Waals surface area contributed by atoms with E-state index in [0.29, 0.717) is 19.4 Å². The van der Waals surface area contributed by atoms with Crippen LogP contribution in [0.3, 0.4) is 0 Å². The number of nitrogens with zero attached hydrogens (tertiary/aromatic N) is 2. The van der Waals surface area contributed by atoms with Crippen molar-refractivity contribution in [3.63, 3.8) is 0 Å². The molecule has 1 N–H and O–H groups in total. The molecular weight excluding hydrogens is 262 g/mol. The van der Waals surface area contributed by atoms with E-state index in [2.05, 4.69) is 24.4 Å². The summed E-state index contributed by atoms with van der Waals surface area (Å²) in [6.07, 6.45) is 3.30. The fraction of sp³-hybridized carbons (Fsp3) is 0.529. The smallest absolute Gasteiger partial charge is 0.240 e. The quantitative estimate of drug-likeness (QED) is 0.925. The Kier molecular flexibility index (Phi) is 4.52. The van der Waals surface area contributed by atoms with Crippen molar-refractivity contribution in [1.82, 2.24) is 5.32 Å². The highest BCUT2D eigenvalue weighted by Crippen LogP contribution is 2.37. The zero-order valence-corrected chi connectivity index (χ0v) is 13.1. The lowest BCUT2D eigenvalue weighted by molar-refractivity contribution is -0.128. The van der Waals surface area contributed by atoms with Crippen LogP contribution in [0.5, 0.6) is 0 Å². The molecule has 1 aliphatic rings. The molecule has 1 amide bonds. The molecule has 0 unspecified atom stereocenters. The summed E-state index contributed by atoms with van der Waals surface area (Å²) >= 11 is 0. The summed E-state index contributed by atoms with van der Waals surface area (Å²) < 4.78 is 0. The lowest BCUT2D eigenvalue weighted by Gasteiger charge is -2.22. The molecule has 0 aliphatic heterocycles. The summed E-state index contributed by atoms with van der Waals surface area (Å²) in [6.45, 7) is 2.52. The Labute approximate surface area is 126 Å². The Balaban J connectivity index is 2.10. The van der Waals surface area contributed by atoms with Crippen LogP contribution < -0.4 is 10.2 Å². The number of nitrogens with one attached hydrogen (secondary N) is 1. The number of benzene rings is 1. The normalized spacial score (nSPS) is 16.3. The molecule has 2 rings (SSSR count). The van der Waals surface area contributed by atoms with Crippen LogP contribution in [-0.4, -0.2) is 20.0 Å². The zero-order valence-electron chi connectivity index (χ0n) is 13.1. The Morgan fingerprint density at radius 1 is 1.38 bits per heavy atom. The number of carbonyl (C=O) groups is 1. The highest BCUT2D eigenvalue weighted by molar-refractivity contribution is 5.85. The number of carbonyl (C=O) groups excluding carboxylic acids is 1. The van der Waals surface area contributed by atoms with Crippen LogP contribution in [0, 0.1) is 23.7 Å². The van der Waals surface area contributed by atoms with E-state index in [1.165, 1.54) is 5.56 Å². The lowest BCUT2D eigenvalue weighted by Crippen LogP contribution is -2.38. The molecule has 0 aromatic heterocycles. The molecule has 0 saturated heterocycles. The van der Waals surface area contributed by atoms with Crippen molar-refractivity contribution in [2.24, 2.45) is 5.41 Å². The Hall–Kier alpha value is -2.02. The van der Waals surface area contributed by atoms with Gasteiger partial charge >= 0.3 is 0 Å². The molecule has 0 atom stereocenters. The fourth-order valence-electron chi connectivity index (χ4n) is 2.95. The molecular formula is C17H23N3O. The van der Waals surface area contributed by atoms with E-state index < -0.39 is 5.41 Å². The topological polar surface area (TPSA) is 56.1 Å². The monoisotopic (exact) mass is 285 g/mol. The number of nitriles is 1. The Morgan fingerprint density at radius 3 is 2.62 bits per heavy atom. The summed E-state index contributed by atoms with van der Waals surface area (Å²) in [6, 6.07) is 8.43. The highest BCUT2D eigenvalue weighted by Gasteiger charge is 2.41. The van der Waals surface area contributed by atoms with Crippen molar-refractivity contribution in [3.8, 4) is 6.07 Å². The second-order valence-corrected chi connectivity index (χ2v) is 6.11. The number of anilines is 1. The third-order valence-corrected chi connectivity index (χ3v) is 4.27. The van der Waals surface area contributed by atoms with E-state index >= 15 is 0 Å². The first-order valence-corrected chi connectivity index (χ1v) is 7.45. The summed E-state index contributed by atoms with van der Waals surface area (Å²) in [5.41, 5.74) is 2.57. The number of rotatable bonds is 4. The fourth-order valence-corrected chi connectivity index (χ4v) is 2.95. The maximum absolute atomic E-state index is 12.4. The molecule has 1 fully saturated rings. The van der Waals surface area contributed by atoms with E-state index in [9.17, 15) is 10.1 Å². The van der Waals surface area contributed by atoms with Crippen LogP contribution in [0.15, 0.2) is 18.2 Å². The van der Waals surface area contributed by atoms with E-state index in [4.69, 9.17) is 0 Å². The van der Waals surface area contributed by atoms with Crippen LogP contribution in [-0.2, 0) is 11.3 Å². The predicted molar refractivity (Wildman–Crippen MR) is 83.9 cm³/mol. The highest BCUT2D eigenvalue weighted by atomic mass is 16.2. The first kappa shape index (κ1) is 15.4. The van der Waals surface area contributed by atoms with E-state index in [1.807, 2.05) is 31.1 Å². The van der Waals surface area contributed by atoms with Crippen molar-refractivity contribution < 1.29 is 4.79 Å². The van der Waals surface area contributed by atoms with Gasteiger partial charge < -0.3 is 10.2 Å². The van der Waals surface area contributed by atoms with Gasteiger partial charge in [-0.15, -0.1) is 0 Å². The van der Waals surface area contributed by atoms with Crippen LogP contribution in [0.2, 0.25) is 0 Å². The Morgan fingerprint density at radius 2 is 2.05 bits per heavy atom. The molecule has 0 radical (unpaired) electrons. The predicted octanol–water partition coefficient (Wildman–Crippen LogP) is 2.76. The summed E-state index contributed by atoms with van der Waals surface area (Å²) in [5.74, 6) is -0.118. The molecule has 1 saturated carbocycles. The van der Waals surface area contributed by atoms with Crippen molar-refractivity contribution in [2.45, 2.75) is 39.2 Å². The summed E-state index contributed by atoms with van der Waals surface area (Å²) in [7, 11) is 3.99. The van der Waals surface area contributed by atoms with Gasteiger partial charge in [-0.3, -0.25) is 4.79 Å². The minimum absolute atomic E-state index is 0.118. The molecule has 1 aliphatic carbocycles. The summed E-state index contributed by atoms with van der Waals surface area (Å²) in [5, 5.41) is 12.3. The molecule has 0 heterocycles. The van der Waals surface area contributed by atoms with E-state index in [-0.39, 0.29) is 5.91 Å². The SMILES string of the molecule is Cc1ccc(CNC(=O)C2(C#N)CCCC2)c(N(C)C)c1. The van der Waals surface area contributed by atoms with Gasteiger partial charge in [-0.25, -0.2) is 0 Å². The first-order valence-electron chi connectivity index (χ1n) is 7.45. The van der Waals surface area contributed by atoms with Gasteiger partial charge in [0, 0.05) is 26.3 Å². The molecule has 1 aromatic carbocycles. The van der Waals surface area contributed by atoms with Crippen LogP contribution in [0.25, 0.3) is 0 Å². The van der Waals surface area contributed by atoms with Crippen molar-refractivity contribution in [3.05, 3.63) is 29.3 Å². The van der Waals surface area contributed by atoms with Crippen molar-refractivity contribution >= 4 is 11.6 Å². The maximum Gasteiger partial charge on any atom is 0.240 e. The molecule has 112 valence electrons. The molecule has 1 aromatic rings. The number of hydrogen-bond donors (Lipinski definition) is 1. The third kappa shape index (κ3) is 3.18. The first-order chi connectivity index (χ1) is 9.98. The molecule has 4 nitrogen and oxygen atoms in total. The largest absolute Gasteiger partial charge is 0.377 e. The van der Waals surface area contributed by atoms with Crippen LogP contribution in [0.1, 0.15) is 36.8 Å². The van der Waals surface area contributed by atoms with Gasteiger partial charge in [0.25, 0.3) is 0 Å². The lowest BCUT2D eigenvalue weighted by atomic mass is 9.87. The molecule has 4 heteroatoms. The third-order valence-electron chi connectivity index (χ3n) is 4.27. The average Bonchev–Trinajstić information content (AvgIpc) is 2.95. The Bertz CT molecular complexity index is 566. The number of amides is 1. The molecule has 0 bridgehead atoms. The average molecular weight is 285 g/mol. The molecule has 0 spiro atoms. The maximum atomic E-state index is 12.4. The van der Waals surface area contributed by atoms with Gasteiger partial charge in [0.1, 0.15) is 5.41 Å². The zero-order chi connectivity index (χ0) is 15.5. The van der Waals surface area contributed by atoms with Gasteiger partial charge in [0.15, 0.2) is 0 Å². The second kappa shape index (κ2) is 6.17. The van der Waals surface area contributed by atoms with Gasteiger partial charge in [-0.05, 0) is 37.0 Å². The van der Waals surface area contributed by atoms with Gasteiger partial charge in [0.05, 0.1) is 6.07 Å². The van der Waals surface area contributed by atoms with E-state index in [0.717, 1.165) is 24.1 Å². The number of hydrogen-bond acceptors (Lipinski definition) is 3. The van der Waals surface area contributed by atoms with Crippen LogP contribution in [0.4, 0.5) is 5.69 Å². The number of aryl methyl sites for hydroxylation is 1. The van der Waals surface area contributed by atoms with Gasteiger partial charge in [0.2, 0.25) is 5.91 Å². The summed E-state index contributed by atoms with van der Waals surface area (Å²) in [4.78, 5) is 14.4. The second-order valence-electron chi connectivity index (χ2n) is 6.11. The minimum atomic E-state index is -0.803.